The van der Waals surface area contributed by atoms with E-state index in [-0.39, 0.29) is 5.37 Å². The van der Waals surface area contributed by atoms with E-state index in [1.54, 1.807) is 6.07 Å². The average molecular weight is 310 g/mol. The van der Waals surface area contributed by atoms with Crippen LogP contribution in [0.4, 0.5) is 0 Å². The molecule has 1 aliphatic heterocycles. The minimum atomic E-state index is -0.832. The number of hydrogen-bond acceptors (Lipinski definition) is 4. The molecule has 2 aromatic rings. The van der Waals surface area contributed by atoms with E-state index < -0.39 is 12.0 Å². The molecule has 2 unspecified atom stereocenters. The van der Waals surface area contributed by atoms with Crippen LogP contribution in [0.2, 0.25) is 5.02 Å². The van der Waals surface area contributed by atoms with E-state index >= 15 is 0 Å². The van der Waals surface area contributed by atoms with Gasteiger partial charge in [0.25, 0.3) is 0 Å². The summed E-state index contributed by atoms with van der Waals surface area (Å²) in [5, 5.41) is 12.5. The van der Waals surface area contributed by atoms with Crippen molar-refractivity contribution in [3.63, 3.8) is 0 Å². The quantitative estimate of drug-likeness (QED) is 0.910. The van der Waals surface area contributed by atoms with Crippen LogP contribution in [0, 0.1) is 0 Å². The highest BCUT2D eigenvalue weighted by atomic mass is 35.5. The number of halogens is 1. The second kappa shape index (κ2) is 5.52. The summed E-state index contributed by atoms with van der Waals surface area (Å²) in [6.45, 7) is 0. The Bertz CT molecular complexity index is 643. The predicted octanol–water partition coefficient (Wildman–Crippen LogP) is 3.39. The van der Waals surface area contributed by atoms with Crippen LogP contribution in [0.25, 0.3) is 11.3 Å². The first kappa shape index (κ1) is 13.5. The molecular weight excluding hydrogens is 298 g/mol. The minimum Gasteiger partial charge on any atom is -0.480 e. The van der Waals surface area contributed by atoms with Crippen molar-refractivity contribution in [3.05, 3.63) is 47.2 Å². The van der Waals surface area contributed by atoms with Gasteiger partial charge in [0, 0.05) is 16.3 Å². The summed E-state index contributed by atoms with van der Waals surface area (Å²) in [6.07, 6.45) is 0. The van der Waals surface area contributed by atoms with E-state index in [2.05, 4.69) is 5.32 Å². The van der Waals surface area contributed by atoms with E-state index in [1.165, 1.54) is 11.8 Å². The Labute approximate surface area is 125 Å². The van der Waals surface area contributed by atoms with Crippen LogP contribution in [-0.2, 0) is 4.79 Å². The van der Waals surface area contributed by atoms with Gasteiger partial charge in [0.05, 0.1) is 0 Å². The molecule has 104 valence electrons. The molecule has 1 fully saturated rings. The highest BCUT2D eigenvalue weighted by Crippen LogP contribution is 2.36. The van der Waals surface area contributed by atoms with E-state index in [0.29, 0.717) is 10.8 Å². The zero-order valence-corrected chi connectivity index (χ0v) is 11.9. The van der Waals surface area contributed by atoms with Crippen LogP contribution in [0.1, 0.15) is 11.1 Å². The van der Waals surface area contributed by atoms with E-state index in [9.17, 15) is 4.79 Å². The number of carboxylic acids is 1. The van der Waals surface area contributed by atoms with Crippen LogP contribution in [0.15, 0.2) is 40.8 Å². The summed E-state index contributed by atoms with van der Waals surface area (Å²) in [7, 11) is 0. The first-order valence-corrected chi connectivity index (χ1v) is 7.52. The molecule has 0 spiro atoms. The topological polar surface area (TPSA) is 62.5 Å². The summed E-state index contributed by atoms with van der Waals surface area (Å²) >= 11 is 7.49. The highest BCUT2D eigenvalue weighted by Gasteiger charge is 2.32. The van der Waals surface area contributed by atoms with Gasteiger partial charge in [-0.25, -0.2) is 0 Å². The molecule has 1 aromatic carbocycles. The fraction of sp³-hybridized carbons (Fsp3) is 0.214. The van der Waals surface area contributed by atoms with Gasteiger partial charge in [-0.05, 0) is 24.3 Å². The molecule has 20 heavy (non-hydrogen) atoms. The van der Waals surface area contributed by atoms with Crippen LogP contribution in [-0.4, -0.2) is 22.9 Å². The lowest BCUT2D eigenvalue weighted by Gasteiger charge is -2.07. The Morgan fingerprint density at radius 3 is 2.95 bits per heavy atom. The monoisotopic (exact) mass is 309 g/mol. The molecule has 1 aromatic heterocycles. The third-order valence-electron chi connectivity index (χ3n) is 3.07. The van der Waals surface area contributed by atoms with Crippen LogP contribution in [0.3, 0.4) is 0 Å². The Morgan fingerprint density at radius 1 is 1.40 bits per heavy atom. The molecule has 3 rings (SSSR count). The molecule has 2 heterocycles. The Kier molecular flexibility index (Phi) is 3.74. The number of benzene rings is 1. The van der Waals surface area contributed by atoms with Crippen molar-refractivity contribution in [1.82, 2.24) is 5.32 Å². The fourth-order valence-electron chi connectivity index (χ4n) is 2.07. The molecule has 0 saturated carbocycles. The number of nitrogens with one attached hydrogen (secondary N) is 1. The lowest BCUT2D eigenvalue weighted by Crippen LogP contribution is -2.33. The summed E-state index contributed by atoms with van der Waals surface area (Å²) in [5.74, 6) is 1.16. The maximum Gasteiger partial charge on any atom is 0.321 e. The third-order valence-corrected chi connectivity index (χ3v) is 4.54. The molecule has 0 bridgehead atoms. The average Bonchev–Trinajstić information content (AvgIpc) is 3.08. The lowest BCUT2D eigenvalue weighted by molar-refractivity contribution is -0.138. The molecular formula is C14H12ClNO3S. The first-order valence-electron chi connectivity index (χ1n) is 6.09. The summed E-state index contributed by atoms with van der Waals surface area (Å²) in [5.41, 5.74) is 0.904. The van der Waals surface area contributed by atoms with Gasteiger partial charge in [-0.2, -0.15) is 0 Å². The number of rotatable bonds is 3. The Balaban J connectivity index is 1.79. The highest BCUT2D eigenvalue weighted by molar-refractivity contribution is 7.99. The van der Waals surface area contributed by atoms with Gasteiger partial charge in [0.15, 0.2) is 0 Å². The van der Waals surface area contributed by atoms with Crippen molar-refractivity contribution < 1.29 is 14.3 Å². The molecule has 1 aliphatic rings. The Morgan fingerprint density at radius 2 is 2.25 bits per heavy atom. The maximum atomic E-state index is 10.9. The van der Waals surface area contributed by atoms with Gasteiger partial charge in [0.1, 0.15) is 22.9 Å². The van der Waals surface area contributed by atoms with Crippen molar-refractivity contribution in [2.24, 2.45) is 0 Å². The van der Waals surface area contributed by atoms with Crippen LogP contribution >= 0.6 is 23.4 Å². The van der Waals surface area contributed by atoms with E-state index in [1.807, 2.05) is 30.3 Å². The molecule has 2 N–H and O–H groups in total. The van der Waals surface area contributed by atoms with Gasteiger partial charge in [-0.1, -0.05) is 23.7 Å². The number of carbonyl (C=O) groups is 1. The van der Waals surface area contributed by atoms with Gasteiger partial charge < -0.3 is 9.52 Å². The molecule has 0 radical (unpaired) electrons. The standard InChI is InChI=1S/C14H12ClNO3S/c15-9-3-1-2-8(6-9)11-4-5-12(19-11)13-16-10(7-20-13)14(17)18/h1-6,10,13,16H,7H2,(H,17,18). The molecule has 0 aliphatic carbocycles. The zero-order chi connectivity index (χ0) is 14.1. The Hall–Kier alpha value is -1.43. The summed E-state index contributed by atoms with van der Waals surface area (Å²) in [4.78, 5) is 10.9. The normalized spacial score (nSPS) is 22.1. The first-order chi connectivity index (χ1) is 9.63. The molecule has 2 atom stereocenters. The molecule has 1 saturated heterocycles. The predicted molar refractivity (Wildman–Crippen MR) is 78.9 cm³/mol. The van der Waals surface area contributed by atoms with Crippen LogP contribution < -0.4 is 5.32 Å². The van der Waals surface area contributed by atoms with Crippen LogP contribution in [0.5, 0.6) is 0 Å². The smallest absolute Gasteiger partial charge is 0.321 e. The van der Waals surface area contributed by atoms with Gasteiger partial charge in [-0.15, -0.1) is 11.8 Å². The van der Waals surface area contributed by atoms with Crippen molar-refractivity contribution in [2.75, 3.05) is 5.75 Å². The van der Waals surface area contributed by atoms with Crippen molar-refractivity contribution in [1.29, 1.82) is 0 Å². The second-order valence-corrected chi connectivity index (χ2v) is 6.06. The largest absolute Gasteiger partial charge is 0.480 e. The van der Waals surface area contributed by atoms with E-state index in [4.69, 9.17) is 21.1 Å². The maximum absolute atomic E-state index is 10.9. The number of thioether (sulfide) groups is 1. The number of aliphatic carboxylic acids is 1. The fourth-order valence-corrected chi connectivity index (χ4v) is 3.43. The minimum absolute atomic E-state index is 0.121. The number of hydrogen-bond donors (Lipinski definition) is 2. The number of carboxylic acid groups (broad SMARTS) is 1. The van der Waals surface area contributed by atoms with Gasteiger partial charge in [-0.3, -0.25) is 10.1 Å². The van der Waals surface area contributed by atoms with Gasteiger partial charge >= 0.3 is 5.97 Å². The summed E-state index contributed by atoms with van der Waals surface area (Å²) < 4.78 is 5.80. The van der Waals surface area contributed by atoms with Crippen molar-refractivity contribution >= 4 is 29.3 Å². The molecule has 0 amide bonds. The molecule has 6 heteroatoms. The second-order valence-electron chi connectivity index (χ2n) is 4.48. The number of furan rings is 1. The van der Waals surface area contributed by atoms with Crippen molar-refractivity contribution in [2.45, 2.75) is 11.4 Å². The van der Waals surface area contributed by atoms with Gasteiger partial charge in [0.2, 0.25) is 0 Å². The third kappa shape index (κ3) is 2.70. The SMILES string of the molecule is O=C(O)C1CSC(c2ccc(-c3cccc(Cl)c3)o2)N1. The molecule has 4 nitrogen and oxygen atoms in total. The zero-order valence-electron chi connectivity index (χ0n) is 10.4. The van der Waals surface area contributed by atoms with Crippen molar-refractivity contribution in [3.8, 4) is 11.3 Å². The lowest BCUT2D eigenvalue weighted by atomic mass is 10.2. The summed E-state index contributed by atoms with van der Waals surface area (Å²) in [6, 6.07) is 10.6. The van der Waals surface area contributed by atoms with E-state index in [0.717, 1.165) is 17.1 Å².